The number of H-pyrrole nitrogens is 1. The van der Waals surface area contributed by atoms with Crippen molar-refractivity contribution >= 4 is 44.8 Å². The molecule has 1 fully saturated rings. The number of piperidine rings is 1. The van der Waals surface area contributed by atoms with Crippen LogP contribution in [0, 0.1) is 5.92 Å². The molecule has 1 aromatic heterocycles. The van der Waals surface area contributed by atoms with E-state index in [1.165, 1.54) is 12.1 Å². The number of rotatable bonds is 7. The zero-order valence-corrected chi connectivity index (χ0v) is 19.3. The largest absolute Gasteiger partial charge is 0.396 e. The molecular formula is C19H26Cl2N6O3S. The molecule has 9 nitrogen and oxygen atoms in total. The van der Waals surface area contributed by atoms with Crippen LogP contribution in [0.3, 0.4) is 0 Å². The van der Waals surface area contributed by atoms with E-state index in [1.54, 1.807) is 17.3 Å². The van der Waals surface area contributed by atoms with Crippen LogP contribution in [0.1, 0.15) is 38.1 Å². The number of anilines is 1. The Labute approximate surface area is 191 Å². The third-order valence-electron chi connectivity index (χ3n) is 5.41. The van der Waals surface area contributed by atoms with E-state index >= 15 is 0 Å². The third-order valence-corrected chi connectivity index (χ3v) is 7.49. The molecule has 1 saturated heterocycles. The van der Waals surface area contributed by atoms with E-state index in [2.05, 4.69) is 21.6 Å². The van der Waals surface area contributed by atoms with Gasteiger partial charge < -0.3 is 21.4 Å². The van der Waals surface area contributed by atoms with Gasteiger partial charge in [0.1, 0.15) is 11.9 Å². The summed E-state index contributed by atoms with van der Waals surface area (Å²) < 4.78 is 28.6. The van der Waals surface area contributed by atoms with E-state index in [4.69, 9.17) is 34.7 Å². The molecule has 3 rings (SSSR count). The van der Waals surface area contributed by atoms with Gasteiger partial charge in [0.25, 0.3) is 0 Å². The summed E-state index contributed by atoms with van der Waals surface area (Å²) in [5.74, 6) is 0.650. The van der Waals surface area contributed by atoms with Crippen LogP contribution in [-0.2, 0) is 14.8 Å². The summed E-state index contributed by atoms with van der Waals surface area (Å²) in [7, 11) is -4.14. The second-order valence-corrected chi connectivity index (χ2v) is 10.3. The normalized spacial score (nSPS) is 17.5. The van der Waals surface area contributed by atoms with Gasteiger partial charge in [-0.3, -0.25) is 4.79 Å². The minimum absolute atomic E-state index is 0.00746. The number of nitrogen functional groups attached to an aromatic ring is 1. The first kappa shape index (κ1) is 23.8. The van der Waals surface area contributed by atoms with Gasteiger partial charge in [0.05, 0.1) is 26.7 Å². The maximum atomic E-state index is 13.2. The fraction of sp³-hybridized carbons (Fsp3) is 0.474. The highest BCUT2D eigenvalue weighted by molar-refractivity contribution is 7.89. The number of sulfonamides is 1. The van der Waals surface area contributed by atoms with Crippen LogP contribution < -0.4 is 16.2 Å². The van der Waals surface area contributed by atoms with E-state index in [0.29, 0.717) is 24.8 Å². The summed E-state index contributed by atoms with van der Waals surface area (Å²) in [4.78, 5) is 21.7. The molecule has 170 valence electrons. The van der Waals surface area contributed by atoms with Crippen LogP contribution in [0.25, 0.3) is 0 Å². The summed E-state index contributed by atoms with van der Waals surface area (Å²) in [5.41, 5.74) is 12.0. The van der Waals surface area contributed by atoms with Gasteiger partial charge in [-0.05, 0) is 37.3 Å². The second-order valence-electron chi connectivity index (χ2n) is 7.80. The van der Waals surface area contributed by atoms with Crippen molar-refractivity contribution in [2.24, 2.45) is 11.7 Å². The lowest BCUT2D eigenvalue weighted by atomic mass is 9.98. The Bertz CT molecular complexity index is 1000. The molecule has 2 atom stereocenters. The second kappa shape index (κ2) is 9.74. The molecule has 2 heterocycles. The Morgan fingerprint density at radius 3 is 2.48 bits per heavy atom. The van der Waals surface area contributed by atoms with Crippen LogP contribution >= 0.6 is 23.2 Å². The lowest BCUT2D eigenvalue weighted by Gasteiger charge is -2.33. The van der Waals surface area contributed by atoms with E-state index in [9.17, 15) is 13.2 Å². The van der Waals surface area contributed by atoms with Crippen molar-refractivity contribution in [1.29, 1.82) is 0 Å². The van der Waals surface area contributed by atoms with Crippen molar-refractivity contribution in [3.8, 4) is 0 Å². The number of carbonyl (C=O) groups excluding carboxylic acids is 1. The number of nitrogens with two attached hydrogens (primary N) is 2. The predicted molar refractivity (Wildman–Crippen MR) is 120 cm³/mol. The van der Waals surface area contributed by atoms with Gasteiger partial charge in [-0.1, -0.05) is 30.1 Å². The van der Waals surface area contributed by atoms with Crippen molar-refractivity contribution in [2.75, 3.05) is 18.8 Å². The highest BCUT2D eigenvalue weighted by atomic mass is 35.5. The SMILES string of the molecule is CC1CCN(C(=O)[C@H](CC(N)c2ncc[nH]2)NS(=O)(=O)c2cc(Cl)c(N)c(Cl)c2)CC1. The quantitative estimate of drug-likeness (QED) is 0.439. The molecular weight excluding hydrogens is 463 g/mol. The van der Waals surface area contributed by atoms with Gasteiger partial charge in [-0.25, -0.2) is 13.4 Å². The predicted octanol–water partition coefficient (Wildman–Crippen LogP) is 2.29. The molecule has 1 amide bonds. The molecule has 12 heteroatoms. The maximum absolute atomic E-state index is 13.2. The molecule has 6 N–H and O–H groups in total. The topological polar surface area (TPSA) is 147 Å². The summed E-state index contributed by atoms with van der Waals surface area (Å²) in [6.45, 7) is 3.25. The Kier molecular flexibility index (Phi) is 7.48. The number of aromatic amines is 1. The Morgan fingerprint density at radius 1 is 1.32 bits per heavy atom. The van der Waals surface area contributed by atoms with Gasteiger partial charge in [-0.2, -0.15) is 4.72 Å². The summed E-state index contributed by atoms with van der Waals surface area (Å²) >= 11 is 12.0. The maximum Gasteiger partial charge on any atom is 0.241 e. The molecule has 0 aliphatic carbocycles. The number of hydrogen-bond acceptors (Lipinski definition) is 6. The first-order valence-corrected chi connectivity index (χ1v) is 12.1. The fourth-order valence-corrected chi connectivity index (χ4v) is 5.34. The summed E-state index contributed by atoms with van der Waals surface area (Å²) in [6, 6.07) is 0.631. The van der Waals surface area contributed by atoms with Crippen LogP contribution in [0.5, 0.6) is 0 Å². The van der Waals surface area contributed by atoms with Gasteiger partial charge in [0.15, 0.2) is 0 Å². The molecule has 1 aromatic carbocycles. The monoisotopic (exact) mass is 488 g/mol. The fourth-order valence-electron chi connectivity index (χ4n) is 3.47. The number of likely N-dealkylation sites (tertiary alicyclic amines) is 1. The molecule has 0 saturated carbocycles. The molecule has 0 radical (unpaired) electrons. The minimum atomic E-state index is -4.14. The van der Waals surface area contributed by atoms with Crippen LogP contribution in [0.2, 0.25) is 10.0 Å². The number of nitrogens with one attached hydrogen (secondary N) is 2. The molecule has 1 aliphatic rings. The van der Waals surface area contributed by atoms with Crippen molar-refractivity contribution in [3.05, 3.63) is 40.4 Å². The van der Waals surface area contributed by atoms with Crippen LogP contribution in [0.4, 0.5) is 5.69 Å². The van der Waals surface area contributed by atoms with E-state index in [-0.39, 0.29) is 33.0 Å². The van der Waals surface area contributed by atoms with Crippen molar-refractivity contribution < 1.29 is 13.2 Å². The highest BCUT2D eigenvalue weighted by Crippen LogP contribution is 2.31. The van der Waals surface area contributed by atoms with E-state index in [1.807, 2.05) is 0 Å². The average molecular weight is 489 g/mol. The average Bonchev–Trinajstić information content (AvgIpc) is 3.26. The van der Waals surface area contributed by atoms with Crippen LogP contribution in [-0.4, -0.2) is 48.3 Å². The van der Waals surface area contributed by atoms with Gasteiger partial charge in [-0.15, -0.1) is 0 Å². The molecule has 1 unspecified atom stereocenters. The Hall–Kier alpha value is -1.85. The lowest BCUT2D eigenvalue weighted by molar-refractivity contribution is -0.134. The van der Waals surface area contributed by atoms with Gasteiger partial charge in [0, 0.05) is 25.5 Å². The summed E-state index contributed by atoms with van der Waals surface area (Å²) in [5, 5.41) is 0.0149. The Morgan fingerprint density at radius 2 is 1.94 bits per heavy atom. The number of nitrogens with zero attached hydrogens (tertiary/aromatic N) is 2. The number of halogens is 2. The van der Waals surface area contributed by atoms with Crippen molar-refractivity contribution in [1.82, 2.24) is 19.6 Å². The smallest absolute Gasteiger partial charge is 0.241 e. The number of imidazole rings is 1. The minimum Gasteiger partial charge on any atom is -0.396 e. The third kappa shape index (κ3) is 5.69. The van der Waals surface area contributed by atoms with E-state index < -0.39 is 22.1 Å². The standard InChI is InChI=1S/C19H26Cl2N6O3S/c1-11-2-6-27(7-3-11)19(28)16(10-15(22)18-24-4-5-25-18)26-31(29,30)12-8-13(20)17(23)14(21)9-12/h4-5,8-9,11,15-16,26H,2-3,6-7,10,22-23H2,1H3,(H,24,25)/t15?,16-/m0/s1. The number of aromatic nitrogens is 2. The van der Waals surface area contributed by atoms with Crippen LogP contribution in [0.15, 0.2) is 29.4 Å². The molecule has 31 heavy (non-hydrogen) atoms. The lowest BCUT2D eigenvalue weighted by Crippen LogP contribution is -2.51. The molecule has 2 aromatic rings. The van der Waals surface area contributed by atoms with Gasteiger partial charge in [0.2, 0.25) is 15.9 Å². The zero-order chi connectivity index (χ0) is 22.8. The zero-order valence-electron chi connectivity index (χ0n) is 17.0. The number of amides is 1. The first-order chi connectivity index (χ1) is 14.6. The number of benzene rings is 1. The van der Waals surface area contributed by atoms with Crippen molar-refractivity contribution in [2.45, 2.75) is 43.2 Å². The first-order valence-electron chi connectivity index (χ1n) is 9.89. The molecule has 1 aliphatic heterocycles. The molecule has 0 bridgehead atoms. The molecule has 0 spiro atoms. The summed E-state index contributed by atoms with van der Waals surface area (Å²) in [6.07, 6.45) is 4.90. The highest BCUT2D eigenvalue weighted by Gasteiger charge is 2.33. The van der Waals surface area contributed by atoms with Crippen molar-refractivity contribution in [3.63, 3.8) is 0 Å². The number of carbonyl (C=O) groups is 1. The Balaban J connectivity index is 1.87. The van der Waals surface area contributed by atoms with Gasteiger partial charge >= 0.3 is 0 Å². The van der Waals surface area contributed by atoms with E-state index in [0.717, 1.165) is 12.8 Å². The number of hydrogen-bond donors (Lipinski definition) is 4.